The lowest BCUT2D eigenvalue weighted by atomic mass is 9.48. The van der Waals surface area contributed by atoms with Gasteiger partial charge in [-0.1, -0.05) is 83.1 Å². The number of esters is 4. The monoisotopic (exact) mass is 1330 g/mol. The zero-order chi connectivity index (χ0) is 69.4. The zero-order valence-corrected chi connectivity index (χ0v) is 58.5. The Balaban J connectivity index is 0.000000221. The number of carbonyl (C=O) groups is 4. The topological polar surface area (TPSA) is 196 Å². The van der Waals surface area contributed by atoms with Gasteiger partial charge in [-0.3, -0.25) is 24.2 Å². The zero-order valence-electron chi connectivity index (χ0n) is 56.8. The van der Waals surface area contributed by atoms with Gasteiger partial charge < -0.3 is 28.6 Å². The second kappa shape index (κ2) is 32.4. The Morgan fingerprint density at radius 2 is 1.11 bits per heavy atom. The number of phenols is 1. The fraction of sp³-hybridized carbons (Fsp3) is 0.554. The van der Waals surface area contributed by atoms with Crippen LogP contribution in [0.5, 0.6) is 5.75 Å². The molecule has 0 spiro atoms. The summed E-state index contributed by atoms with van der Waals surface area (Å²) < 4.78 is 107. The van der Waals surface area contributed by atoms with E-state index in [0.717, 1.165) is 49.0 Å². The number of ether oxygens (including phenoxy) is 4. The molecule has 512 valence electrons. The molecule has 4 unspecified atom stereocenters. The molecule has 5 aromatic rings. The van der Waals surface area contributed by atoms with Crippen molar-refractivity contribution in [3.8, 4) is 5.75 Å². The van der Waals surface area contributed by atoms with Gasteiger partial charge in [-0.05, 0) is 247 Å². The van der Waals surface area contributed by atoms with Crippen LogP contribution in [0.4, 0.5) is 17.6 Å². The van der Waals surface area contributed by atoms with Gasteiger partial charge in [-0.25, -0.2) is 12.8 Å². The fourth-order valence-corrected chi connectivity index (χ4v) is 14.6. The van der Waals surface area contributed by atoms with E-state index in [1.165, 1.54) is 40.3 Å². The van der Waals surface area contributed by atoms with Crippen LogP contribution in [0, 0.1) is 39.3 Å². The largest absolute Gasteiger partial charge is 0.748 e. The maximum atomic E-state index is 13.3. The van der Waals surface area contributed by atoms with Gasteiger partial charge in [0.2, 0.25) is 6.10 Å². The van der Waals surface area contributed by atoms with E-state index in [-0.39, 0.29) is 57.9 Å². The second-order valence-electron chi connectivity index (χ2n) is 28.2. The minimum absolute atomic E-state index is 0.00100. The molecule has 10 rings (SSSR count). The molecule has 4 bridgehead atoms. The number of rotatable bonds is 19. The second-order valence-corrected chi connectivity index (χ2v) is 31.6. The van der Waals surface area contributed by atoms with Gasteiger partial charge in [0, 0.05) is 18.8 Å². The molecule has 1 heterocycles. The van der Waals surface area contributed by atoms with Gasteiger partial charge in [0.25, 0.3) is 0 Å². The van der Waals surface area contributed by atoms with Crippen LogP contribution in [0.3, 0.4) is 0 Å². The molecule has 0 aliphatic heterocycles. The molecule has 0 saturated heterocycles. The number of carbonyl (C=O) groups excluding carboxylic acids is 4. The summed E-state index contributed by atoms with van der Waals surface area (Å²) in [4.78, 5) is 57.1. The fourth-order valence-electron chi connectivity index (χ4n) is 11.8. The molecular formula is C74H99F4NO12S2. The molecule has 4 atom stereocenters. The first-order valence-corrected chi connectivity index (χ1v) is 35.3. The minimum Gasteiger partial charge on any atom is -0.748 e. The lowest BCUT2D eigenvalue weighted by molar-refractivity contribution is -0.239. The van der Waals surface area contributed by atoms with E-state index in [2.05, 4.69) is 54.8 Å². The molecule has 0 amide bonds. The van der Waals surface area contributed by atoms with Crippen LogP contribution < -0.4 is 0 Å². The summed E-state index contributed by atoms with van der Waals surface area (Å²) in [5.74, 6) is -2.90. The Hall–Kier alpha value is -6.31. The first-order chi connectivity index (χ1) is 43.3. The van der Waals surface area contributed by atoms with Crippen LogP contribution >= 0.6 is 0 Å². The number of benzene rings is 4. The highest BCUT2D eigenvalue weighted by atomic mass is 32.2. The van der Waals surface area contributed by atoms with Crippen LogP contribution in [0.15, 0.2) is 148 Å². The van der Waals surface area contributed by atoms with Crippen molar-refractivity contribution < 1.29 is 73.8 Å². The molecular weight excluding hydrogens is 1230 g/mol. The first kappa shape index (κ1) is 77.4. The quantitative estimate of drug-likeness (QED) is 0.0270. The van der Waals surface area contributed by atoms with Crippen molar-refractivity contribution in [2.24, 2.45) is 33.5 Å². The molecule has 19 heteroatoms. The maximum Gasteiger partial charge on any atom is 0.426 e. The average molecular weight is 1330 g/mol. The Kier molecular flexibility index (Phi) is 27.0. The third kappa shape index (κ3) is 22.4. The predicted molar refractivity (Wildman–Crippen MR) is 353 cm³/mol. The number of aromatic hydroxyl groups is 1. The van der Waals surface area contributed by atoms with Crippen LogP contribution in [-0.2, 0) is 64.7 Å². The van der Waals surface area contributed by atoms with Crippen molar-refractivity contribution >= 4 is 44.9 Å². The first-order valence-electron chi connectivity index (χ1n) is 32.5. The van der Waals surface area contributed by atoms with Gasteiger partial charge in [0.1, 0.15) is 28.4 Å². The molecule has 93 heavy (non-hydrogen) atoms. The Morgan fingerprint density at radius 1 is 0.656 bits per heavy atom. The molecule has 4 aromatic carbocycles. The molecule has 5 fully saturated rings. The smallest absolute Gasteiger partial charge is 0.426 e. The van der Waals surface area contributed by atoms with Gasteiger partial charge in [-0.15, -0.1) is 0 Å². The summed E-state index contributed by atoms with van der Waals surface area (Å²) in [6.07, 6.45) is 5.44. The lowest BCUT2D eigenvalue weighted by Crippen LogP contribution is -2.61. The van der Waals surface area contributed by atoms with Crippen LogP contribution in [0.2, 0.25) is 0 Å². The number of nitrogens with zero attached hydrogens (tertiary/aromatic N) is 1. The SMILES string of the molecule is CCC(C)(C)C(=O)OC(C)(C)c1ccncc1.CCC(C)(C)C(=O)OC1(C)CCCC1.CCC(C)(C)C(=O)OC12CC3CC(C1)CC(C(=O)OC(CS(=O)(=O)[O-])C(F)(F)F)(C3)C2.CCC(C)c1ccc(O)cc1.Fc1ccc([S+](c2ccccc2)c2ccccc2)cc1. The molecule has 0 radical (unpaired) electrons. The summed E-state index contributed by atoms with van der Waals surface area (Å²) in [7, 11) is -5.46. The number of hydrogen-bond donors (Lipinski definition) is 1. The van der Waals surface area contributed by atoms with Crippen molar-refractivity contribution in [3.05, 3.63) is 151 Å². The van der Waals surface area contributed by atoms with Gasteiger partial charge >= 0.3 is 30.1 Å². The highest BCUT2D eigenvalue weighted by Gasteiger charge is 2.64. The van der Waals surface area contributed by atoms with Crippen molar-refractivity contribution in [2.45, 2.75) is 237 Å². The number of phenolic OH excluding ortho intramolecular Hbond substituents is 1. The molecule has 5 aliphatic carbocycles. The lowest BCUT2D eigenvalue weighted by Gasteiger charge is -2.60. The predicted octanol–water partition coefficient (Wildman–Crippen LogP) is 17.7. The molecule has 5 saturated carbocycles. The Morgan fingerprint density at radius 3 is 1.55 bits per heavy atom. The average Bonchev–Trinajstić information content (AvgIpc) is 0.952. The highest BCUT2D eigenvalue weighted by Crippen LogP contribution is 2.64. The maximum absolute atomic E-state index is 13.3. The number of halogens is 4. The highest BCUT2D eigenvalue weighted by molar-refractivity contribution is 7.97. The molecule has 13 nitrogen and oxygen atoms in total. The standard InChI is InChI=1S/C20H29F3O7S.C18H14FS.C14H21NO2.C12H22O2.C10H14O/c1-4-17(2,3)15(24)30-19-8-12-5-13(9-19)7-18(6-12,11-19)16(25)29-14(20(21,22)23)10-31(26,27)28;19-15-11-13-18(14-12-15)20(16-7-3-1-4-8-16)17-9-5-2-6-10-17;1-6-13(2,3)12(16)17-14(4,5)11-7-9-15-10-8-11;1-5-11(2,3)10(13)14-12(4)8-6-7-9-12;1-3-8(2)9-4-6-10(11)7-5-9/h12-14H,4-11H2,1-3H3,(H,26,27,28);1-14H;7-10H,6H2,1-5H3;5-9H2,1-4H3;4-8,11H,3H2,1-2H3/q;+1;;;/p-1. The molecule has 1 N–H and O–H groups in total. The van der Waals surface area contributed by atoms with Crippen molar-refractivity contribution in [3.63, 3.8) is 0 Å². The van der Waals surface area contributed by atoms with E-state index in [0.29, 0.717) is 43.8 Å². The minimum atomic E-state index is -5.27. The summed E-state index contributed by atoms with van der Waals surface area (Å²) in [6.45, 7) is 27.3. The summed E-state index contributed by atoms with van der Waals surface area (Å²) in [5.41, 5.74) is -2.27. The summed E-state index contributed by atoms with van der Waals surface area (Å²) in [5, 5.41) is 9.01. The number of aromatic nitrogens is 1. The van der Waals surface area contributed by atoms with E-state index >= 15 is 0 Å². The van der Waals surface area contributed by atoms with Crippen LogP contribution in [0.25, 0.3) is 0 Å². The Labute approximate surface area is 553 Å². The van der Waals surface area contributed by atoms with Gasteiger partial charge in [-0.2, -0.15) is 13.2 Å². The Bertz CT molecular complexity index is 3250. The summed E-state index contributed by atoms with van der Waals surface area (Å²) in [6, 6.07) is 38.7. The summed E-state index contributed by atoms with van der Waals surface area (Å²) >= 11 is 0. The van der Waals surface area contributed by atoms with Gasteiger partial charge in [0.15, 0.2) is 14.7 Å². The molecule has 1 aromatic heterocycles. The van der Waals surface area contributed by atoms with E-state index in [9.17, 15) is 49.7 Å². The third-order valence-corrected chi connectivity index (χ3v) is 21.8. The number of pyridine rings is 1. The van der Waals surface area contributed by atoms with Gasteiger partial charge in [0.05, 0.1) is 48.4 Å². The van der Waals surface area contributed by atoms with E-state index in [1.54, 1.807) is 38.4 Å². The van der Waals surface area contributed by atoms with Crippen LogP contribution in [-0.4, -0.2) is 76.2 Å². The van der Waals surface area contributed by atoms with E-state index in [4.69, 9.17) is 19.3 Å². The van der Waals surface area contributed by atoms with E-state index in [1.807, 2.05) is 135 Å². The third-order valence-electron chi connectivity index (χ3n) is 18.8. The molecule has 5 aliphatic rings. The number of alkyl halides is 3. The number of hydrogen-bond acceptors (Lipinski definition) is 13. The van der Waals surface area contributed by atoms with Crippen molar-refractivity contribution in [1.29, 1.82) is 0 Å². The van der Waals surface area contributed by atoms with Crippen molar-refractivity contribution in [1.82, 2.24) is 4.98 Å². The van der Waals surface area contributed by atoms with Crippen molar-refractivity contribution in [2.75, 3.05) is 5.75 Å². The normalized spacial score (nSPS) is 20.5. The van der Waals surface area contributed by atoms with Crippen LogP contribution in [0.1, 0.15) is 204 Å². The van der Waals surface area contributed by atoms with E-state index < -0.39 is 67.5 Å².